The Balaban J connectivity index is 1.53. The lowest BCUT2D eigenvalue weighted by atomic mass is 9.79. The second-order valence-corrected chi connectivity index (χ2v) is 8.72. The molecule has 0 saturated heterocycles. The number of esters is 2. The number of aromatic nitrogens is 2. The fourth-order valence-electron chi connectivity index (χ4n) is 4.63. The maximum atomic E-state index is 12.8. The first-order chi connectivity index (χ1) is 17.3. The lowest BCUT2D eigenvalue weighted by molar-refractivity contribution is -0.132. The summed E-state index contributed by atoms with van der Waals surface area (Å²) in [6.45, 7) is 2.55. The number of carbonyl (C=O) groups excluding carboxylic acids is 2. The van der Waals surface area contributed by atoms with Gasteiger partial charge in [0.05, 0.1) is 21.8 Å². The van der Waals surface area contributed by atoms with Crippen LogP contribution >= 0.6 is 0 Å². The monoisotopic (exact) mass is 490 g/mol. The highest BCUT2D eigenvalue weighted by Crippen LogP contribution is 2.43. The molecule has 10 nitrogen and oxygen atoms in total. The molecule has 5 rings (SSSR count). The van der Waals surface area contributed by atoms with Crippen LogP contribution in [0.3, 0.4) is 0 Å². The number of benzene rings is 2. The Morgan fingerprint density at radius 2 is 1.17 bits per heavy atom. The van der Waals surface area contributed by atoms with Crippen LogP contribution in [-0.4, -0.2) is 21.9 Å². The SMILES string of the molecule is CC(=O)Oc1ccc2nc(C3CCCCC3c3nc4ccc(OC(C)=O)cc4c(=O)o3)oc(=O)c2c1. The third-order valence-electron chi connectivity index (χ3n) is 6.16. The van der Waals surface area contributed by atoms with E-state index in [9.17, 15) is 19.2 Å². The molecule has 2 aromatic carbocycles. The Bertz CT molecular complexity index is 1500. The van der Waals surface area contributed by atoms with Crippen LogP contribution < -0.4 is 20.7 Å². The molecule has 1 aliphatic carbocycles. The number of hydrogen-bond acceptors (Lipinski definition) is 10. The summed E-state index contributed by atoms with van der Waals surface area (Å²) in [5.41, 5.74) is -0.377. The van der Waals surface area contributed by atoms with Crippen molar-refractivity contribution in [1.82, 2.24) is 9.97 Å². The molecule has 1 saturated carbocycles. The van der Waals surface area contributed by atoms with Crippen molar-refractivity contribution < 1.29 is 27.9 Å². The van der Waals surface area contributed by atoms with Gasteiger partial charge in [0.25, 0.3) is 0 Å². The lowest BCUT2D eigenvalue weighted by Gasteiger charge is -2.28. The summed E-state index contributed by atoms with van der Waals surface area (Å²) in [4.78, 5) is 57.2. The predicted octanol–water partition coefficient (Wildman–Crippen LogP) is 3.98. The molecule has 0 amide bonds. The largest absolute Gasteiger partial charge is 0.427 e. The van der Waals surface area contributed by atoms with E-state index in [0.29, 0.717) is 23.9 Å². The lowest BCUT2D eigenvalue weighted by Crippen LogP contribution is -2.21. The summed E-state index contributed by atoms with van der Waals surface area (Å²) >= 11 is 0. The summed E-state index contributed by atoms with van der Waals surface area (Å²) in [6, 6.07) is 9.16. The van der Waals surface area contributed by atoms with Crippen molar-refractivity contribution in [2.45, 2.75) is 51.4 Å². The van der Waals surface area contributed by atoms with Crippen molar-refractivity contribution in [2.75, 3.05) is 0 Å². The highest BCUT2D eigenvalue weighted by molar-refractivity contribution is 5.81. The zero-order valence-corrected chi connectivity index (χ0v) is 19.6. The quantitative estimate of drug-likeness (QED) is 0.305. The molecule has 0 N–H and O–H groups in total. The van der Waals surface area contributed by atoms with Gasteiger partial charge in [-0.1, -0.05) is 12.8 Å². The molecule has 1 fully saturated rings. The van der Waals surface area contributed by atoms with Crippen molar-refractivity contribution in [1.29, 1.82) is 0 Å². The van der Waals surface area contributed by atoms with Crippen molar-refractivity contribution >= 4 is 33.7 Å². The summed E-state index contributed by atoms with van der Waals surface area (Å²) < 4.78 is 21.3. The van der Waals surface area contributed by atoms with Gasteiger partial charge in [-0.15, -0.1) is 0 Å². The van der Waals surface area contributed by atoms with Gasteiger partial charge in [0, 0.05) is 25.7 Å². The molecule has 2 aromatic heterocycles. The minimum atomic E-state index is -0.598. The first-order valence-electron chi connectivity index (χ1n) is 11.5. The van der Waals surface area contributed by atoms with Gasteiger partial charge in [0.2, 0.25) is 11.8 Å². The first kappa shape index (κ1) is 23.4. The molecule has 0 bridgehead atoms. The molecule has 2 atom stereocenters. The molecule has 0 radical (unpaired) electrons. The summed E-state index contributed by atoms with van der Waals surface area (Å²) in [7, 11) is 0. The van der Waals surface area contributed by atoms with Gasteiger partial charge < -0.3 is 18.3 Å². The molecule has 4 aromatic rings. The highest BCUT2D eigenvalue weighted by Gasteiger charge is 2.34. The maximum absolute atomic E-state index is 12.8. The fraction of sp³-hybridized carbons (Fsp3) is 0.308. The zero-order chi connectivity index (χ0) is 25.4. The third-order valence-corrected chi connectivity index (χ3v) is 6.16. The maximum Gasteiger partial charge on any atom is 0.346 e. The van der Waals surface area contributed by atoms with Gasteiger partial charge in [-0.2, -0.15) is 0 Å². The third kappa shape index (κ3) is 4.61. The summed E-state index contributed by atoms with van der Waals surface area (Å²) in [6.07, 6.45) is 3.12. The Morgan fingerprint density at radius 1 is 0.750 bits per heavy atom. The van der Waals surface area contributed by atoms with E-state index in [1.54, 1.807) is 24.3 Å². The Hall–Kier alpha value is -4.34. The van der Waals surface area contributed by atoms with Gasteiger partial charge in [0.15, 0.2) is 0 Å². The second-order valence-electron chi connectivity index (χ2n) is 8.72. The number of hydrogen-bond donors (Lipinski definition) is 0. The van der Waals surface area contributed by atoms with E-state index in [0.717, 1.165) is 12.8 Å². The van der Waals surface area contributed by atoms with Crippen LogP contribution in [0.25, 0.3) is 21.8 Å². The standard InChI is InChI=1S/C26H22N2O8/c1-13(29)33-15-7-9-21-19(11-15)25(31)35-23(27-21)17-5-3-4-6-18(17)24-28-22-10-8-16(34-14(2)30)12-20(22)26(32)36-24/h7-12,17-18H,3-6H2,1-2H3. The van der Waals surface area contributed by atoms with Gasteiger partial charge in [-0.3, -0.25) is 9.59 Å². The summed E-state index contributed by atoms with van der Waals surface area (Å²) in [5.74, 6) is -0.701. The number of carbonyl (C=O) groups is 2. The van der Waals surface area contributed by atoms with Crippen LogP contribution in [0, 0.1) is 0 Å². The molecule has 2 heterocycles. The molecule has 1 aliphatic rings. The van der Waals surface area contributed by atoms with Crippen molar-refractivity contribution in [3.05, 3.63) is 69.0 Å². The minimum absolute atomic E-state index is 0.198. The topological polar surface area (TPSA) is 139 Å². The van der Waals surface area contributed by atoms with Crippen LogP contribution in [0.5, 0.6) is 11.5 Å². The van der Waals surface area contributed by atoms with Crippen LogP contribution in [0.2, 0.25) is 0 Å². The molecule has 2 unspecified atom stereocenters. The molecular weight excluding hydrogens is 468 g/mol. The van der Waals surface area contributed by atoms with E-state index < -0.39 is 23.2 Å². The van der Waals surface area contributed by atoms with Gasteiger partial charge in [0.1, 0.15) is 11.5 Å². The average Bonchev–Trinajstić information content (AvgIpc) is 2.84. The van der Waals surface area contributed by atoms with E-state index in [1.165, 1.54) is 26.0 Å². The van der Waals surface area contributed by atoms with E-state index in [4.69, 9.17) is 18.3 Å². The van der Waals surface area contributed by atoms with Gasteiger partial charge in [-0.05, 0) is 49.2 Å². The number of ether oxygens (including phenoxy) is 2. The molecule has 36 heavy (non-hydrogen) atoms. The van der Waals surface area contributed by atoms with E-state index >= 15 is 0 Å². The van der Waals surface area contributed by atoms with Crippen LogP contribution in [0.1, 0.15) is 63.1 Å². The smallest absolute Gasteiger partial charge is 0.346 e. The van der Waals surface area contributed by atoms with Crippen LogP contribution in [0.15, 0.2) is 54.8 Å². The Morgan fingerprint density at radius 3 is 1.56 bits per heavy atom. The second kappa shape index (κ2) is 9.37. The number of rotatable bonds is 4. The average molecular weight is 490 g/mol. The molecular formula is C26H22N2O8. The Labute approximate surface area is 203 Å². The van der Waals surface area contributed by atoms with Crippen molar-refractivity contribution in [3.8, 4) is 11.5 Å². The fourth-order valence-corrected chi connectivity index (χ4v) is 4.63. The first-order valence-corrected chi connectivity index (χ1v) is 11.5. The molecule has 10 heteroatoms. The number of nitrogens with zero attached hydrogens (tertiary/aromatic N) is 2. The van der Waals surface area contributed by atoms with E-state index in [-0.39, 0.29) is 45.9 Å². The molecule has 0 aliphatic heterocycles. The number of fused-ring (bicyclic) bond motifs is 2. The minimum Gasteiger partial charge on any atom is -0.427 e. The van der Waals surface area contributed by atoms with Crippen molar-refractivity contribution in [2.24, 2.45) is 0 Å². The van der Waals surface area contributed by atoms with Crippen molar-refractivity contribution in [3.63, 3.8) is 0 Å². The summed E-state index contributed by atoms with van der Waals surface area (Å²) in [5, 5.41) is 0.396. The highest BCUT2D eigenvalue weighted by atomic mass is 16.5. The Kier molecular flexibility index (Phi) is 6.09. The normalized spacial score (nSPS) is 17.7. The van der Waals surface area contributed by atoms with E-state index in [1.807, 2.05) is 0 Å². The molecule has 184 valence electrons. The van der Waals surface area contributed by atoms with Gasteiger partial charge in [-0.25, -0.2) is 19.6 Å². The van der Waals surface area contributed by atoms with Gasteiger partial charge >= 0.3 is 23.2 Å². The predicted molar refractivity (Wildman–Crippen MR) is 127 cm³/mol. The van der Waals surface area contributed by atoms with Crippen LogP contribution in [0.4, 0.5) is 0 Å². The molecule has 0 spiro atoms. The van der Waals surface area contributed by atoms with Crippen LogP contribution in [-0.2, 0) is 9.59 Å². The zero-order valence-electron chi connectivity index (χ0n) is 19.6. The van der Waals surface area contributed by atoms with E-state index in [2.05, 4.69) is 9.97 Å².